The molecule has 0 aromatic heterocycles. The van der Waals surface area contributed by atoms with Crippen molar-refractivity contribution in [1.29, 1.82) is 0 Å². The number of benzene rings is 2. The summed E-state index contributed by atoms with van der Waals surface area (Å²) in [6, 6.07) is 12.4. The van der Waals surface area contributed by atoms with E-state index in [1.807, 2.05) is 24.3 Å². The van der Waals surface area contributed by atoms with Crippen LogP contribution >= 0.6 is 0 Å². The van der Waals surface area contributed by atoms with E-state index < -0.39 is 0 Å². The number of aliphatic imine (C=N–C) groups is 1. The molecule has 3 rings (SSSR count). The molecular weight excluding hydrogens is 383 g/mol. The maximum Gasteiger partial charge on any atom is 0.224 e. The van der Waals surface area contributed by atoms with Crippen LogP contribution < -0.4 is 20.7 Å². The number of halogens is 1. The van der Waals surface area contributed by atoms with E-state index in [-0.39, 0.29) is 17.1 Å². The maximum absolute atomic E-state index is 13.5. The zero-order valence-electron chi connectivity index (χ0n) is 17.7. The number of guanidine groups is 1. The van der Waals surface area contributed by atoms with Crippen LogP contribution in [0.15, 0.2) is 47.5 Å². The lowest BCUT2D eigenvalue weighted by molar-refractivity contribution is -0.116. The van der Waals surface area contributed by atoms with E-state index >= 15 is 0 Å². The van der Waals surface area contributed by atoms with Gasteiger partial charge in [-0.3, -0.25) is 9.79 Å². The van der Waals surface area contributed by atoms with Gasteiger partial charge < -0.3 is 20.7 Å². The van der Waals surface area contributed by atoms with Gasteiger partial charge in [0.05, 0.1) is 6.54 Å². The SMILES string of the molecule is CN=C(NCCOc1ccc2c(c1)CCC(=O)N2)NCC(C)(C)c1cccc(F)c1. The van der Waals surface area contributed by atoms with E-state index in [4.69, 9.17) is 4.74 Å². The Balaban J connectivity index is 1.44. The molecule has 0 fully saturated rings. The van der Waals surface area contributed by atoms with Crippen LogP contribution in [0, 0.1) is 5.82 Å². The van der Waals surface area contributed by atoms with Crippen molar-refractivity contribution < 1.29 is 13.9 Å². The van der Waals surface area contributed by atoms with Crippen LogP contribution in [-0.2, 0) is 16.6 Å². The summed E-state index contributed by atoms with van der Waals surface area (Å²) in [5.41, 5.74) is 2.63. The number of fused-ring (bicyclic) bond motifs is 1. The van der Waals surface area contributed by atoms with Crippen LogP contribution in [0.4, 0.5) is 10.1 Å². The Morgan fingerprint density at radius 1 is 1.20 bits per heavy atom. The zero-order chi connectivity index (χ0) is 21.6. The fourth-order valence-corrected chi connectivity index (χ4v) is 3.32. The van der Waals surface area contributed by atoms with Gasteiger partial charge in [0.2, 0.25) is 5.91 Å². The summed E-state index contributed by atoms with van der Waals surface area (Å²) in [7, 11) is 1.71. The molecule has 2 aromatic carbocycles. The van der Waals surface area contributed by atoms with Crippen LogP contribution in [-0.4, -0.2) is 38.6 Å². The molecule has 160 valence electrons. The van der Waals surface area contributed by atoms with E-state index in [0.717, 1.165) is 29.0 Å². The number of amides is 1. The van der Waals surface area contributed by atoms with Gasteiger partial charge in [0.1, 0.15) is 18.2 Å². The fourth-order valence-electron chi connectivity index (χ4n) is 3.32. The minimum atomic E-state index is -0.255. The second-order valence-corrected chi connectivity index (χ2v) is 7.96. The Kier molecular flexibility index (Phi) is 6.92. The number of ether oxygens (including phenoxy) is 1. The summed E-state index contributed by atoms with van der Waals surface area (Å²) in [5.74, 6) is 1.27. The Bertz CT molecular complexity index is 927. The van der Waals surface area contributed by atoms with Crippen LogP contribution in [0.2, 0.25) is 0 Å². The molecule has 7 heteroatoms. The third-order valence-electron chi connectivity index (χ3n) is 5.16. The van der Waals surface area contributed by atoms with E-state index in [1.165, 1.54) is 6.07 Å². The third-order valence-corrected chi connectivity index (χ3v) is 5.16. The van der Waals surface area contributed by atoms with Crippen molar-refractivity contribution in [1.82, 2.24) is 10.6 Å². The first-order chi connectivity index (χ1) is 14.4. The largest absolute Gasteiger partial charge is 0.492 e. The molecule has 3 N–H and O–H groups in total. The molecule has 0 radical (unpaired) electrons. The van der Waals surface area contributed by atoms with Crippen molar-refractivity contribution in [2.45, 2.75) is 32.1 Å². The van der Waals surface area contributed by atoms with Gasteiger partial charge in [-0.25, -0.2) is 4.39 Å². The first kappa shape index (κ1) is 21.6. The number of anilines is 1. The van der Waals surface area contributed by atoms with Crippen LogP contribution in [0.25, 0.3) is 0 Å². The number of hydrogen-bond donors (Lipinski definition) is 3. The molecule has 0 atom stereocenters. The number of nitrogens with one attached hydrogen (secondary N) is 3. The third kappa shape index (κ3) is 5.72. The molecule has 6 nitrogen and oxygen atoms in total. The zero-order valence-corrected chi connectivity index (χ0v) is 17.7. The number of carbonyl (C=O) groups is 1. The molecule has 2 aromatic rings. The monoisotopic (exact) mass is 412 g/mol. The van der Waals surface area contributed by atoms with Crippen molar-refractivity contribution >= 4 is 17.6 Å². The first-order valence-corrected chi connectivity index (χ1v) is 10.1. The molecule has 30 heavy (non-hydrogen) atoms. The van der Waals surface area contributed by atoms with E-state index in [9.17, 15) is 9.18 Å². The predicted octanol–water partition coefficient (Wildman–Crippen LogP) is 3.23. The van der Waals surface area contributed by atoms with Gasteiger partial charge in [0.15, 0.2) is 5.96 Å². The number of nitrogens with zero attached hydrogens (tertiary/aromatic N) is 1. The van der Waals surface area contributed by atoms with E-state index in [1.54, 1.807) is 19.2 Å². The predicted molar refractivity (Wildman–Crippen MR) is 118 cm³/mol. The van der Waals surface area contributed by atoms with Gasteiger partial charge in [0, 0.05) is 31.1 Å². The average Bonchev–Trinajstić information content (AvgIpc) is 2.73. The lowest BCUT2D eigenvalue weighted by Gasteiger charge is -2.27. The molecule has 0 aliphatic carbocycles. The van der Waals surface area contributed by atoms with Crippen LogP contribution in [0.5, 0.6) is 5.75 Å². The first-order valence-electron chi connectivity index (χ1n) is 10.1. The molecule has 0 unspecified atom stereocenters. The molecule has 1 aliphatic rings. The number of hydrogen-bond acceptors (Lipinski definition) is 3. The molecule has 1 heterocycles. The van der Waals surface area contributed by atoms with Gasteiger partial charge in [-0.1, -0.05) is 26.0 Å². The summed E-state index contributed by atoms with van der Waals surface area (Å²) in [4.78, 5) is 15.7. The standard InChI is InChI=1S/C23H29FN4O2/c1-23(2,17-5-4-6-18(24)14-17)15-27-22(25-3)26-11-12-30-19-8-9-20-16(13-19)7-10-21(29)28-20/h4-6,8-9,13-14H,7,10-12,15H2,1-3H3,(H,28,29)(H2,25,26,27). The maximum atomic E-state index is 13.5. The number of rotatable bonds is 7. The lowest BCUT2D eigenvalue weighted by Crippen LogP contribution is -2.44. The molecule has 0 saturated carbocycles. The summed E-state index contributed by atoms with van der Waals surface area (Å²) >= 11 is 0. The quantitative estimate of drug-likeness (QED) is 0.371. The van der Waals surface area contributed by atoms with Gasteiger partial charge in [-0.2, -0.15) is 0 Å². The van der Waals surface area contributed by atoms with Gasteiger partial charge in [-0.05, 0) is 47.9 Å². The summed E-state index contributed by atoms with van der Waals surface area (Å²) in [6.45, 7) is 5.77. The molecule has 0 bridgehead atoms. The minimum absolute atomic E-state index is 0.0554. The highest BCUT2D eigenvalue weighted by atomic mass is 19.1. The molecule has 0 saturated heterocycles. The molecular formula is C23H29FN4O2. The summed E-state index contributed by atoms with van der Waals surface area (Å²) in [6.07, 6.45) is 1.24. The summed E-state index contributed by atoms with van der Waals surface area (Å²) < 4.78 is 19.4. The van der Waals surface area contributed by atoms with Crippen molar-refractivity contribution in [3.63, 3.8) is 0 Å². The number of aryl methyl sites for hydroxylation is 1. The van der Waals surface area contributed by atoms with Gasteiger partial charge >= 0.3 is 0 Å². The molecule has 0 spiro atoms. The lowest BCUT2D eigenvalue weighted by atomic mass is 9.84. The average molecular weight is 413 g/mol. The van der Waals surface area contributed by atoms with Gasteiger partial charge in [0.25, 0.3) is 0 Å². The molecule has 1 aliphatic heterocycles. The second-order valence-electron chi connectivity index (χ2n) is 7.96. The Morgan fingerprint density at radius 3 is 2.80 bits per heavy atom. The normalized spacial score (nSPS) is 14.0. The van der Waals surface area contributed by atoms with Crippen molar-refractivity contribution in [2.24, 2.45) is 4.99 Å². The Morgan fingerprint density at radius 2 is 2.03 bits per heavy atom. The minimum Gasteiger partial charge on any atom is -0.492 e. The number of carbonyl (C=O) groups excluding carboxylic acids is 1. The van der Waals surface area contributed by atoms with Crippen LogP contribution in [0.3, 0.4) is 0 Å². The highest BCUT2D eigenvalue weighted by molar-refractivity contribution is 5.94. The van der Waals surface area contributed by atoms with Crippen LogP contribution in [0.1, 0.15) is 31.4 Å². The van der Waals surface area contributed by atoms with E-state index in [2.05, 4.69) is 34.8 Å². The second kappa shape index (κ2) is 9.61. The topological polar surface area (TPSA) is 74.8 Å². The highest BCUT2D eigenvalue weighted by Crippen LogP contribution is 2.26. The molecule has 1 amide bonds. The van der Waals surface area contributed by atoms with Crippen molar-refractivity contribution in [3.8, 4) is 5.75 Å². The Hall–Kier alpha value is -3.09. The fraction of sp³-hybridized carbons (Fsp3) is 0.391. The van der Waals surface area contributed by atoms with Crippen molar-refractivity contribution in [3.05, 3.63) is 59.4 Å². The summed E-state index contributed by atoms with van der Waals surface area (Å²) in [5, 5.41) is 9.38. The van der Waals surface area contributed by atoms with E-state index in [0.29, 0.717) is 32.1 Å². The van der Waals surface area contributed by atoms with Gasteiger partial charge in [-0.15, -0.1) is 0 Å². The van der Waals surface area contributed by atoms with Crippen molar-refractivity contribution in [2.75, 3.05) is 32.1 Å². The highest BCUT2D eigenvalue weighted by Gasteiger charge is 2.21. The smallest absolute Gasteiger partial charge is 0.224 e. The Labute approximate surface area is 176 Å².